The molecule has 2 aromatic carbocycles. The van der Waals surface area contributed by atoms with Gasteiger partial charge in [0.1, 0.15) is 4.90 Å². The molecule has 1 saturated heterocycles. The van der Waals surface area contributed by atoms with Gasteiger partial charge in [-0.05, 0) is 30.2 Å². The topological polar surface area (TPSA) is 58.6 Å². The van der Waals surface area contributed by atoms with Crippen LogP contribution in [0.5, 0.6) is 0 Å². The van der Waals surface area contributed by atoms with Crippen LogP contribution in [0.25, 0.3) is 0 Å². The Morgan fingerprint density at radius 3 is 2.50 bits per heavy atom. The largest absolute Gasteiger partial charge is 0.379 e. The zero-order valence-corrected chi connectivity index (χ0v) is 16.3. The van der Waals surface area contributed by atoms with Crippen molar-refractivity contribution in [2.45, 2.75) is 17.9 Å². The van der Waals surface area contributed by atoms with E-state index in [9.17, 15) is 8.42 Å². The van der Waals surface area contributed by atoms with Crippen molar-refractivity contribution in [3.63, 3.8) is 0 Å². The van der Waals surface area contributed by atoms with Gasteiger partial charge in [0.2, 0.25) is 10.0 Å². The van der Waals surface area contributed by atoms with Gasteiger partial charge in [0, 0.05) is 19.6 Å². The molecule has 5 nitrogen and oxygen atoms in total. The van der Waals surface area contributed by atoms with E-state index in [1.165, 1.54) is 0 Å². The zero-order chi connectivity index (χ0) is 18.6. The van der Waals surface area contributed by atoms with E-state index in [-0.39, 0.29) is 16.0 Å². The quantitative estimate of drug-likeness (QED) is 0.818. The SMILES string of the molecule is Cc1ccc(S(=O)(=O)NC(CN2CCOCC2)c2ccccc2)c(Cl)c1. The van der Waals surface area contributed by atoms with Gasteiger partial charge in [-0.15, -0.1) is 0 Å². The van der Waals surface area contributed by atoms with Crippen molar-refractivity contribution in [3.8, 4) is 0 Å². The van der Waals surface area contributed by atoms with Crippen molar-refractivity contribution < 1.29 is 13.2 Å². The van der Waals surface area contributed by atoms with Crippen molar-refractivity contribution in [2.24, 2.45) is 0 Å². The van der Waals surface area contributed by atoms with Gasteiger partial charge in [-0.3, -0.25) is 4.90 Å². The van der Waals surface area contributed by atoms with E-state index in [0.717, 1.165) is 24.2 Å². The number of hydrogen-bond acceptors (Lipinski definition) is 4. The van der Waals surface area contributed by atoms with Crippen LogP contribution in [0.3, 0.4) is 0 Å². The first-order chi connectivity index (χ1) is 12.5. The summed E-state index contributed by atoms with van der Waals surface area (Å²) in [5, 5.41) is 0.232. The lowest BCUT2D eigenvalue weighted by Gasteiger charge is -2.31. The van der Waals surface area contributed by atoms with Gasteiger partial charge in [-0.2, -0.15) is 0 Å². The molecule has 140 valence electrons. The highest BCUT2D eigenvalue weighted by Crippen LogP contribution is 2.25. The summed E-state index contributed by atoms with van der Waals surface area (Å²) in [5.74, 6) is 0. The molecule has 0 spiro atoms. The second kappa shape index (κ2) is 8.50. The van der Waals surface area contributed by atoms with E-state index in [1.807, 2.05) is 37.3 Å². The molecule has 1 aliphatic rings. The number of sulfonamides is 1. The van der Waals surface area contributed by atoms with Crippen molar-refractivity contribution in [1.29, 1.82) is 0 Å². The molecule has 1 N–H and O–H groups in total. The smallest absolute Gasteiger partial charge is 0.242 e. The maximum atomic E-state index is 13.0. The van der Waals surface area contributed by atoms with Gasteiger partial charge < -0.3 is 4.74 Å². The number of morpholine rings is 1. The van der Waals surface area contributed by atoms with E-state index in [1.54, 1.807) is 18.2 Å². The third kappa shape index (κ3) is 4.84. The molecule has 1 aliphatic heterocycles. The second-order valence-electron chi connectivity index (χ2n) is 6.43. The Balaban J connectivity index is 1.86. The lowest BCUT2D eigenvalue weighted by molar-refractivity contribution is 0.0345. The summed E-state index contributed by atoms with van der Waals surface area (Å²) in [7, 11) is -3.75. The van der Waals surface area contributed by atoms with E-state index >= 15 is 0 Å². The van der Waals surface area contributed by atoms with Crippen LogP contribution in [-0.4, -0.2) is 46.2 Å². The van der Waals surface area contributed by atoms with Gasteiger partial charge >= 0.3 is 0 Å². The fraction of sp³-hybridized carbons (Fsp3) is 0.368. The number of rotatable bonds is 6. The number of halogens is 1. The molecule has 3 rings (SSSR count). The third-order valence-electron chi connectivity index (χ3n) is 4.42. The predicted octanol–water partition coefficient (Wildman–Crippen LogP) is 3.00. The Morgan fingerprint density at radius 2 is 1.85 bits per heavy atom. The molecule has 26 heavy (non-hydrogen) atoms. The van der Waals surface area contributed by atoms with E-state index in [0.29, 0.717) is 19.8 Å². The van der Waals surface area contributed by atoms with Crippen LogP contribution >= 0.6 is 11.6 Å². The third-order valence-corrected chi connectivity index (χ3v) is 6.38. The summed E-state index contributed by atoms with van der Waals surface area (Å²) >= 11 is 6.19. The monoisotopic (exact) mass is 394 g/mol. The maximum Gasteiger partial charge on any atom is 0.242 e. The first kappa shape index (κ1) is 19.3. The highest BCUT2D eigenvalue weighted by atomic mass is 35.5. The summed E-state index contributed by atoms with van der Waals surface area (Å²) in [6, 6.07) is 14.2. The highest BCUT2D eigenvalue weighted by molar-refractivity contribution is 7.89. The zero-order valence-electron chi connectivity index (χ0n) is 14.7. The van der Waals surface area contributed by atoms with Crippen molar-refractivity contribution in [2.75, 3.05) is 32.8 Å². The minimum atomic E-state index is -3.75. The summed E-state index contributed by atoms with van der Waals surface area (Å²) in [5.41, 5.74) is 1.84. The lowest BCUT2D eigenvalue weighted by Crippen LogP contribution is -2.43. The highest BCUT2D eigenvalue weighted by Gasteiger charge is 2.26. The Hall–Kier alpha value is -1.44. The molecule has 1 atom stereocenters. The van der Waals surface area contributed by atoms with Gasteiger partial charge in [0.05, 0.1) is 24.3 Å². The molecule has 0 amide bonds. The van der Waals surface area contributed by atoms with Gasteiger partial charge in [0.15, 0.2) is 0 Å². The number of aryl methyl sites for hydroxylation is 1. The number of ether oxygens (including phenoxy) is 1. The van der Waals surface area contributed by atoms with E-state index in [4.69, 9.17) is 16.3 Å². The van der Waals surface area contributed by atoms with Crippen LogP contribution in [0.4, 0.5) is 0 Å². The standard InChI is InChI=1S/C19H23ClN2O3S/c1-15-7-8-19(17(20)13-15)26(23,24)21-18(16-5-3-2-4-6-16)14-22-9-11-25-12-10-22/h2-8,13,18,21H,9-12,14H2,1H3. The Morgan fingerprint density at radius 1 is 1.15 bits per heavy atom. The predicted molar refractivity (Wildman–Crippen MR) is 103 cm³/mol. The van der Waals surface area contributed by atoms with Gasteiger partial charge in [-0.1, -0.05) is 48.0 Å². The fourth-order valence-corrected chi connectivity index (χ4v) is 4.83. The minimum Gasteiger partial charge on any atom is -0.379 e. The first-order valence-corrected chi connectivity index (χ1v) is 10.5. The molecule has 0 radical (unpaired) electrons. The van der Waals surface area contributed by atoms with Crippen LogP contribution < -0.4 is 4.72 Å². The Kier molecular flexibility index (Phi) is 6.32. The molecule has 0 aliphatic carbocycles. The van der Waals surface area contributed by atoms with Crippen molar-refractivity contribution >= 4 is 21.6 Å². The average molecular weight is 395 g/mol. The summed E-state index contributed by atoms with van der Waals surface area (Å²) in [6.07, 6.45) is 0. The Bertz CT molecular complexity index is 837. The molecule has 2 aromatic rings. The van der Waals surface area contributed by atoms with Crippen molar-refractivity contribution in [3.05, 3.63) is 64.7 Å². The molecule has 1 fully saturated rings. The molecule has 1 heterocycles. The average Bonchev–Trinajstić information content (AvgIpc) is 2.62. The van der Waals surface area contributed by atoms with Crippen molar-refractivity contribution in [1.82, 2.24) is 9.62 Å². The fourth-order valence-electron chi connectivity index (χ4n) is 3.01. The molecule has 7 heteroatoms. The van der Waals surface area contributed by atoms with Crippen LogP contribution in [0.2, 0.25) is 5.02 Å². The molecule has 0 aromatic heterocycles. The Labute approximate surface area is 160 Å². The maximum absolute atomic E-state index is 13.0. The van der Waals surface area contributed by atoms with E-state index < -0.39 is 10.0 Å². The molecule has 0 bridgehead atoms. The number of hydrogen-bond donors (Lipinski definition) is 1. The van der Waals surface area contributed by atoms with Gasteiger partial charge in [0.25, 0.3) is 0 Å². The number of nitrogens with one attached hydrogen (secondary N) is 1. The summed E-state index contributed by atoms with van der Waals surface area (Å²) in [6.45, 7) is 5.36. The molecular weight excluding hydrogens is 372 g/mol. The summed E-state index contributed by atoms with van der Waals surface area (Å²) in [4.78, 5) is 2.31. The minimum absolute atomic E-state index is 0.104. The normalized spacial score (nSPS) is 17.2. The van der Waals surface area contributed by atoms with Crippen LogP contribution in [0.1, 0.15) is 17.2 Å². The first-order valence-electron chi connectivity index (χ1n) is 8.59. The molecule has 0 saturated carbocycles. The number of benzene rings is 2. The molecule has 1 unspecified atom stereocenters. The van der Waals surface area contributed by atoms with E-state index in [2.05, 4.69) is 9.62 Å². The number of nitrogens with zero attached hydrogens (tertiary/aromatic N) is 1. The van der Waals surface area contributed by atoms with Gasteiger partial charge in [-0.25, -0.2) is 13.1 Å². The second-order valence-corrected chi connectivity index (χ2v) is 8.52. The van der Waals surface area contributed by atoms with Crippen LogP contribution in [-0.2, 0) is 14.8 Å². The summed E-state index contributed by atoms with van der Waals surface area (Å²) < 4.78 is 34.1. The van der Waals surface area contributed by atoms with Crippen LogP contribution in [0, 0.1) is 6.92 Å². The van der Waals surface area contributed by atoms with Crippen LogP contribution in [0.15, 0.2) is 53.4 Å². The lowest BCUT2D eigenvalue weighted by atomic mass is 10.1. The molecular formula is C19H23ClN2O3S.